The number of carbonyl (C=O) groups is 1. The molecule has 1 amide bonds. The van der Waals surface area contributed by atoms with Gasteiger partial charge in [-0.05, 0) is 12.1 Å². The number of nitrogens with one attached hydrogen (secondary N) is 1. The highest BCUT2D eigenvalue weighted by Crippen LogP contribution is 2.19. The number of aryl methyl sites for hydroxylation is 2. The van der Waals surface area contributed by atoms with Crippen molar-refractivity contribution < 1.29 is 4.79 Å². The van der Waals surface area contributed by atoms with Crippen molar-refractivity contribution in [1.82, 2.24) is 24.0 Å². The fourth-order valence-corrected chi connectivity index (χ4v) is 3.45. The predicted molar refractivity (Wildman–Crippen MR) is 101 cm³/mol. The first-order valence-electron chi connectivity index (χ1n) is 8.72. The number of rotatable bonds is 2. The van der Waals surface area contributed by atoms with Gasteiger partial charge in [0.2, 0.25) is 5.95 Å². The van der Waals surface area contributed by atoms with Crippen molar-refractivity contribution in [2.45, 2.75) is 0 Å². The molecule has 0 aliphatic carbocycles. The monoisotopic (exact) mass is 368 g/mol. The van der Waals surface area contributed by atoms with Crippen LogP contribution < -0.4 is 16.1 Å². The van der Waals surface area contributed by atoms with E-state index < -0.39 is 11.2 Å². The summed E-state index contributed by atoms with van der Waals surface area (Å²) in [5.41, 5.74) is 0.441. The molecule has 0 radical (unpaired) electrons. The Labute approximate surface area is 154 Å². The number of benzene rings is 1. The van der Waals surface area contributed by atoms with Gasteiger partial charge in [-0.3, -0.25) is 19.1 Å². The number of amides is 1. The number of hydrogen-bond donors (Lipinski definition) is 1. The van der Waals surface area contributed by atoms with Crippen LogP contribution in [0.15, 0.2) is 39.9 Å². The van der Waals surface area contributed by atoms with Crippen molar-refractivity contribution in [3.63, 3.8) is 0 Å². The normalized spacial score (nSPS) is 14.7. The zero-order chi connectivity index (χ0) is 19.1. The van der Waals surface area contributed by atoms with E-state index in [-0.39, 0.29) is 5.91 Å². The average molecular weight is 368 g/mol. The van der Waals surface area contributed by atoms with Crippen molar-refractivity contribution in [2.24, 2.45) is 14.1 Å². The Hall–Kier alpha value is -3.36. The van der Waals surface area contributed by atoms with Gasteiger partial charge in [-0.25, -0.2) is 4.79 Å². The number of piperazine rings is 1. The maximum Gasteiger partial charge on any atom is 0.329 e. The lowest BCUT2D eigenvalue weighted by Crippen LogP contribution is -2.49. The van der Waals surface area contributed by atoms with Crippen molar-refractivity contribution >= 4 is 23.0 Å². The van der Waals surface area contributed by atoms with Gasteiger partial charge >= 0.3 is 5.69 Å². The van der Waals surface area contributed by atoms with Crippen LogP contribution in [-0.4, -0.2) is 56.1 Å². The molecule has 1 aliphatic heterocycles. The summed E-state index contributed by atoms with van der Waals surface area (Å²) in [6.07, 6.45) is 0. The second kappa shape index (κ2) is 6.42. The minimum absolute atomic E-state index is 0.0130. The Bertz CT molecular complexity index is 1120. The van der Waals surface area contributed by atoms with E-state index in [1.165, 1.54) is 4.57 Å². The molecule has 9 nitrogen and oxygen atoms in total. The van der Waals surface area contributed by atoms with E-state index in [4.69, 9.17) is 0 Å². The van der Waals surface area contributed by atoms with Gasteiger partial charge in [0.1, 0.15) is 0 Å². The maximum absolute atomic E-state index is 12.6. The highest BCUT2D eigenvalue weighted by atomic mass is 16.2. The van der Waals surface area contributed by atoms with E-state index in [0.717, 1.165) is 0 Å². The molecule has 0 atom stereocenters. The van der Waals surface area contributed by atoms with Crippen LogP contribution in [-0.2, 0) is 14.1 Å². The first-order chi connectivity index (χ1) is 13.0. The summed E-state index contributed by atoms with van der Waals surface area (Å²) in [6, 6.07) is 9.21. The van der Waals surface area contributed by atoms with Crippen LogP contribution in [0, 0.1) is 0 Å². The summed E-state index contributed by atoms with van der Waals surface area (Å²) in [7, 11) is 3.33. The molecule has 3 heterocycles. The van der Waals surface area contributed by atoms with Gasteiger partial charge < -0.3 is 14.4 Å². The van der Waals surface area contributed by atoms with E-state index in [0.29, 0.717) is 48.9 Å². The number of anilines is 1. The molecule has 1 saturated heterocycles. The van der Waals surface area contributed by atoms with Crippen LogP contribution in [0.1, 0.15) is 10.4 Å². The van der Waals surface area contributed by atoms with Gasteiger partial charge in [-0.15, -0.1) is 0 Å². The van der Waals surface area contributed by atoms with Crippen molar-refractivity contribution in [1.29, 1.82) is 0 Å². The molecule has 2 aromatic heterocycles. The molecule has 1 N–H and O–H groups in total. The number of carbonyl (C=O) groups excluding carboxylic acids is 1. The zero-order valence-corrected chi connectivity index (χ0v) is 15.2. The van der Waals surface area contributed by atoms with Gasteiger partial charge in [0, 0.05) is 45.8 Å². The maximum atomic E-state index is 12.6. The third-order valence-electron chi connectivity index (χ3n) is 4.98. The highest BCUT2D eigenvalue weighted by Gasteiger charge is 2.26. The third kappa shape index (κ3) is 2.80. The van der Waals surface area contributed by atoms with E-state index in [2.05, 4.69) is 9.97 Å². The molecule has 0 unspecified atom stereocenters. The molecule has 3 aromatic rings. The molecule has 4 rings (SSSR count). The zero-order valence-electron chi connectivity index (χ0n) is 15.2. The minimum atomic E-state index is -0.490. The SMILES string of the molecule is Cn1c(N2CCN(C(=O)c3ccccc3)CC2)nc2c1c(=O)[nH]c(=O)n2C. The number of H-pyrrole nitrogens is 1. The van der Waals surface area contributed by atoms with Crippen LogP contribution in [0.2, 0.25) is 0 Å². The summed E-state index contributed by atoms with van der Waals surface area (Å²) < 4.78 is 3.03. The van der Waals surface area contributed by atoms with Gasteiger partial charge in [0.15, 0.2) is 11.2 Å². The van der Waals surface area contributed by atoms with Crippen molar-refractivity contribution in [3.05, 3.63) is 56.7 Å². The number of hydrogen-bond acceptors (Lipinski definition) is 5. The minimum Gasteiger partial charge on any atom is -0.339 e. The van der Waals surface area contributed by atoms with Crippen molar-refractivity contribution in [3.8, 4) is 0 Å². The number of nitrogens with zero attached hydrogens (tertiary/aromatic N) is 5. The number of fused-ring (bicyclic) bond motifs is 1. The second-order valence-electron chi connectivity index (χ2n) is 6.61. The molecular formula is C18H20N6O3. The molecule has 0 bridgehead atoms. The molecule has 27 heavy (non-hydrogen) atoms. The second-order valence-corrected chi connectivity index (χ2v) is 6.61. The van der Waals surface area contributed by atoms with Gasteiger partial charge in [0.25, 0.3) is 11.5 Å². The number of imidazole rings is 1. The molecule has 9 heteroatoms. The molecular weight excluding hydrogens is 348 g/mol. The largest absolute Gasteiger partial charge is 0.339 e. The highest BCUT2D eigenvalue weighted by molar-refractivity contribution is 5.94. The van der Waals surface area contributed by atoms with E-state index >= 15 is 0 Å². The standard InChI is InChI=1S/C18H20N6O3/c1-21-13-14(22(2)18(27)20-15(13)25)19-17(21)24-10-8-23(9-11-24)16(26)12-6-4-3-5-7-12/h3-7H,8-11H2,1-2H3,(H,20,25,27). The Kier molecular flexibility index (Phi) is 4.06. The lowest BCUT2D eigenvalue weighted by Gasteiger charge is -2.35. The summed E-state index contributed by atoms with van der Waals surface area (Å²) >= 11 is 0. The topological polar surface area (TPSA) is 96.2 Å². The van der Waals surface area contributed by atoms with E-state index in [1.54, 1.807) is 18.7 Å². The van der Waals surface area contributed by atoms with E-state index in [1.807, 2.05) is 40.1 Å². The Morgan fingerprint density at radius 1 is 1.00 bits per heavy atom. The van der Waals surface area contributed by atoms with Crippen LogP contribution in [0.25, 0.3) is 11.2 Å². The number of aromatic amines is 1. The molecule has 0 spiro atoms. The molecule has 0 saturated carbocycles. The summed E-state index contributed by atoms with van der Waals surface area (Å²) in [5, 5.41) is 0. The van der Waals surface area contributed by atoms with Crippen LogP contribution in [0.4, 0.5) is 5.95 Å². The lowest BCUT2D eigenvalue weighted by atomic mass is 10.2. The summed E-state index contributed by atoms with van der Waals surface area (Å²) in [5.74, 6) is 0.627. The van der Waals surface area contributed by atoms with Crippen LogP contribution >= 0.6 is 0 Å². The Balaban J connectivity index is 1.59. The average Bonchev–Trinajstić information content (AvgIpc) is 3.04. The number of aromatic nitrogens is 4. The van der Waals surface area contributed by atoms with Crippen molar-refractivity contribution in [2.75, 3.05) is 31.1 Å². The predicted octanol–water partition coefficient (Wildman–Crippen LogP) is -0.0773. The van der Waals surface area contributed by atoms with Crippen LogP contribution in [0.5, 0.6) is 0 Å². The Morgan fingerprint density at radius 2 is 1.67 bits per heavy atom. The third-order valence-corrected chi connectivity index (χ3v) is 4.98. The summed E-state index contributed by atoms with van der Waals surface area (Å²) in [4.78, 5) is 47.2. The molecule has 1 fully saturated rings. The van der Waals surface area contributed by atoms with Gasteiger partial charge in [0.05, 0.1) is 0 Å². The Morgan fingerprint density at radius 3 is 2.33 bits per heavy atom. The first kappa shape index (κ1) is 17.1. The smallest absolute Gasteiger partial charge is 0.329 e. The fourth-order valence-electron chi connectivity index (χ4n) is 3.45. The molecule has 140 valence electrons. The molecule has 1 aliphatic rings. The lowest BCUT2D eigenvalue weighted by molar-refractivity contribution is 0.0746. The van der Waals surface area contributed by atoms with E-state index in [9.17, 15) is 14.4 Å². The quantitative estimate of drug-likeness (QED) is 0.683. The van der Waals surface area contributed by atoms with Gasteiger partial charge in [-0.1, -0.05) is 18.2 Å². The summed E-state index contributed by atoms with van der Waals surface area (Å²) in [6.45, 7) is 2.32. The fraction of sp³-hybridized carbons (Fsp3) is 0.333. The van der Waals surface area contributed by atoms with Crippen LogP contribution in [0.3, 0.4) is 0 Å². The first-order valence-corrected chi connectivity index (χ1v) is 8.72. The molecule has 1 aromatic carbocycles. The van der Waals surface area contributed by atoms with Gasteiger partial charge in [-0.2, -0.15) is 4.98 Å².